The van der Waals surface area contributed by atoms with Crippen molar-refractivity contribution in [3.63, 3.8) is 0 Å². The van der Waals surface area contributed by atoms with Crippen LogP contribution in [0.5, 0.6) is 0 Å². The van der Waals surface area contributed by atoms with Gasteiger partial charge in [0.2, 0.25) is 0 Å². The normalized spacial score (nSPS) is 12.8. The smallest absolute Gasteiger partial charge is 0.0595 e. The zero-order valence-electron chi connectivity index (χ0n) is 10.6. The molecule has 3 aromatic rings. The number of fused-ring (bicyclic) bond motifs is 1. The molecule has 0 radical (unpaired) electrons. The molecule has 0 bridgehead atoms. The minimum absolute atomic E-state index is 0.0467. The maximum absolute atomic E-state index is 6.37. The van der Waals surface area contributed by atoms with Gasteiger partial charge in [0.15, 0.2) is 0 Å². The van der Waals surface area contributed by atoms with Gasteiger partial charge in [0.25, 0.3) is 0 Å². The van der Waals surface area contributed by atoms with Gasteiger partial charge < -0.3 is 5.73 Å². The highest BCUT2D eigenvalue weighted by Gasteiger charge is 2.12. The molecule has 0 spiro atoms. The van der Waals surface area contributed by atoms with Crippen molar-refractivity contribution in [2.45, 2.75) is 12.5 Å². The van der Waals surface area contributed by atoms with Gasteiger partial charge in [0.05, 0.1) is 10.0 Å². The molecule has 0 fully saturated rings. The van der Waals surface area contributed by atoms with Crippen molar-refractivity contribution in [3.8, 4) is 0 Å². The van der Waals surface area contributed by atoms with Gasteiger partial charge in [-0.25, -0.2) is 0 Å². The van der Waals surface area contributed by atoms with Gasteiger partial charge in [0, 0.05) is 10.7 Å². The lowest BCUT2D eigenvalue weighted by molar-refractivity contribution is 0.729. The third-order valence-electron chi connectivity index (χ3n) is 3.35. The summed E-state index contributed by atoms with van der Waals surface area (Å²) in [6, 6.07) is 14.0. The van der Waals surface area contributed by atoms with Crippen LogP contribution in [-0.2, 0) is 6.42 Å². The molecular weight excluding hydrogens is 309 g/mol. The molecule has 4 heteroatoms. The van der Waals surface area contributed by atoms with Crippen molar-refractivity contribution >= 4 is 44.6 Å². The van der Waals surface area contributed by atoms with Crippen molar-refractivity contribution in [1.29, 1.82) is 0 Å². The van der Waals surface area contributed by atoms with Crippen LogP contribution in [-0.4, -0.2) is 0 Å². The Balaban J connectivity index is 1.90. The third kappa shape index (κ3) is 2.70. The summed E-state index contributed by atoms with van der Waals surface area (Å²) in [5.41, 5.74) is 8.65. The first-order valence-corrected chi connectivity index (χ1v) is 7.94. The van der Waals surface area contributed by atoms with E-state index in [0.29, 0.717) is 10.0 Å². The molecule has 20 heavy (non-hydrogen) atoms. The van der Waals surface area contributed by atoms with Crippen LogP contribution >= 0.6 is 34.5 Å². The Morgan fingerprint density at radius 1 is 1.05 bits per heavy atom. The SMILES string of the molecule is NC(Cc1ccc(Cl)c(Cl)c1)c1cccc2ccsc12. The number of thiophene rings is 1. The van der Waals surface area contributed by atoms with E-state index in [-0.39, 0.29) is 6.04 Å². The summed E-state index contributed by atoms with van der Waals surface area (Å²) in [4.78, 5) is 0. The van der Waals surface area contributed by atoms with Crippen LogP contribution < -0.4 is 5.73 Å². The van der Waals surface area contributed by atoms with Gasteiger partial charge in [0.1, 0.15) is 0 Å². The Morgan fingerprint density at radius 2 is 1.90 bits per heavy atom. The lowest BCUT2D eigenvalue weighted by atomic mass is 9.99. The van der Waals surface area contributed by atoms with Crippen molar-refractivity contribution in [2.75, 3.05) is 0 Å². The molecule has 3 rings (SSSR count). The predicted octanol–water partition coefficient (Wildman–Crippen LogP) is 5.45. The molecule has 1 unspecified atom stereocenters. The van der Waals surface area contributed by atoms with Gasteiger partial charge in [-0.05, 0) is 46.5 Å². The standard InChI is InChI=1S/C16H13Cl2NS/c17-13-5-4-10(8-14(13)18)9-15(19)12-3-1-2-11-6-7-20-16(11)12/h1-8,15H,9,19H2. The van der Waals surface area contributed by atoms with E-state index >= 15 is 0 Å². The lowest BCUT2D eigenvalue weighted by Gasteiger charge is -2.13. The van der Waals surface area contributed by atoms with E-state index in [0.717, 1.165) is 12.0 Å². The van der Waals surface area contributed by atoms with Gasteiger partial charge >= 0.3 is 0 Å². The minimum Gasteiger partial charge on any atom is -0.324 e. The first-order valence-electron chi connectivity index (χ1n) is 6.31. The summed E-state index contributed by atoms with van der Waals surface area (Å²) in [6.45, 7) is 0. The molecule has 1 atom stereocenters. The Morgan fingerprint density at radius 3 is 2.70 bits per heavy atom. The third-order valence-corrected chi connectivity index (χ3v) is 5.07. The predicted molar refractivity (Wildman–Crippen MR) is 88.9 cm³/mol. The van der Waals surface area contributed by atoms with Crippen LogP contribution in [0.2, 0.25) is 10.0 Å². The van der Waals surface area contributed by atoms with Gasteiger partial charge in [-0.1, -0.05) is 47.5 Å². The Bertz CT molecular complexity index is 751. The lowest BCUT2D eigenvalue weighted by Crippen LogP contribution is -2.13. The number of hydrogen-bond acceptors (Lipinski definition) is 2. The molecule has 0 aliphatic rings. The highest BCUT2D eigenvalue weighted by molar-refractivity contribution is 7.17. The first-order chi connectivity index (χ1) is 9.65. The highest BCUT2D eigenvalue weighted by atomic mass is 35.5. The van der Waals surface area contributed by atoms with E-state index in [9.17, 15) is 0 Å². The number of halogens is 2. The second kappa shape index (κ2) is 5.74. The quantitative estimate of drug-likeness (QED) is 0.681. The number of hydrogen-bond donors (Lipinski definition) is 1. The van der Waals surface area contributed by atoms with Gasteiger partial charge in [-0.3, -0.25) is 0 Å². The van der Waals surface area contributed by atoms with Crippen molar-refractivity contribution in [3.05, 3.63) is 69.0 Å². The molecule has 0 saturated carbocycles. The molecule has 0 amide bonds. The van der Waals surface area contributed by atoms with E-state index < -0.39 is 0 Å². The van der Waals surface area contributed by atoms with Crippen molar-refractivity contribution in [1.82, 2.24) is 0 Å². The molecule has 2 N–H and O–H groups in total. The molecule has 1 aromatic heterocycles. The number of rotatable bonds is 3. The zero-order chi connectivity index (χ0) is 14.1. The van der Waals surface area contributed by atoms with Crippen LogP contribution in [0.15, 0.2) is 47.8 Å². The highest BCUT2D eigenvalue weighted by Crippen LogP contribution is 2.30. The van der Waals surface area contributed by atoms with Gasteiger partial charge in [-0.15, -0.1) is 11.3 Å². The summed E-state index contributed by atoms with van der Waals surface area (Å²) in [5.74, 6) is 0. The summed E-state index contributed by atoms with van der Waals surface area (Å²) in [6.07, 6.45) is 0.744. The molecule has 1 nitrogen and oxygen atoms in total. The molecule has 0 saturated heterocycles. The van der Waals surface area contributed by atoms with Crippen molar-refractivity contribution in [2.24, 2.45) is 5.73 Å². The maximum Gasteiger partial charge on any atom is 0.0595 e. The van der Waals surface area contributed by atoms with Crippen LogP contribution in [0.3, 0.4) is 0 Å². The second-order valence-corrected chi connectivity index (χ2v) is 6.48. The second-order valence-electron chi connectivity index (χ2n) is 4.75. The monoisotopic (exact) mass is 321 g/mol. The fourth-order valence-corrected chi connectivity index (χ4v) is 3.64. The molecular formula is C16H13Cl2NS. The first kappa shape index (κ1) is 13.9. The van der Waals surface area contributed by atoms with Crippen LogP contribution in [0.4, 0.5) is 0 Å². The van der Waals surface area contributed by atoms with Crippen LogP contribution in [0.25, 0.3) is 10.1 Å². The minimum atomic E-state index is -0.0467. The van der Waals surface area contributed by atoms with E-state index in [1.54, 1.807) is 11.3 Å². The Kier molecular flexibility index (Phi) is 3.99. The summed E-state index contributed by atoms with van der Waals surface area (Å²) < 4.78 is 1.26. The molecule has 0 aliphatic carbocycles. The fraction of sp³-hybridized carbons (Fsp3) is 0.125. The van der Waals surface area contributed by atoms with E-state index in [1.165, 1.54) is 15.6 Å². The fourth-order valence-electron chi connectivity index (χ4n) is 2.34. The van der Waals surface area contributed by atoms with Gasteiger partial charge in [-0.2, -0.15) is 0 Å². The summed E-state index contributed by atoms with van der Waals surface area (Å²) in [7, 11) is 0. The molecule has 1 heterocycles. The van der Waals surface area contributed by atoms with Crippen molar-refractivity contribution < 1.29 is 0 Å². The van der Waals surface area contributed by atoms with E-state index in [4.69, 9.17) is 28.9 Å². The molecule has 0 aliphatic heterocycles. The average Bonchev–Trinajstić information content (AvgIpc) is 2.91. The largest absolute Gasteiger partial charge is 0.324 e. The Labute approximate surface area is 131 Å². The number of benzene rings is 2. The van der Waals surface area contributed by atoms with Crippen LogP contribution in [0, 0.1) is 0 Å². The summed E-state index contributed by atoms with van der Waals surface area (Å²) >= 11 is 13.7. The van der Waals surface area contributed by atoms with E-state index in [2.05, 4.69) is 29.6 Å². The van der Waals surface area contributed by atoms with Crippen LogP contribution in [0.1, 0.15) is 17.2 Å². The zero-order valence-corrected chi connectivity index (χ0v) is 13.0. The number of nitrogens with two attached hydrogens (primary N) is 1. The average molecular weight is 322 g/mol. The molecule has 2 aromatic carbocycles. The molecule has 102 valence electrons. The summed E-state index contributed by atoms with van der Waals surface area (Å²) in [5, 5.41) is 4.49. The topological polar surface area (TPSA) is 26.0 Å². The Hall–Kier alpha value is -1.06. The maximum atomic E-state index is 6.37. The van der Waals surface area contributed by atoms with E-state index in [1.807, 2.05) is 18.2 Å².